The molecule has 0 saturated carbocycles. The number of piperidine rings is 1. The molecule has 0 spiro atoms. The molecule has 0 radical (unpaired) electrons. The number of rotatable bonds is 5. The molecule has 88 valence electrons. The number of nitrogens with zero attached hydrogens (tertiary/aromatic N) is 1. The number of amides is 1. The number of nitrogens with one attached hydrogen (secondary N) is 1. The molecule has 0 aliphatic carbocycles. The molecule has 4 nitrogen and oxygen atoms in total. The standard InChI is InChI=1S/C11H22N2O2/c1-3-6-12-10-5-4-7-13(11(10)15)9(2)8-14/h9-10,12,14H,3-8H2,1-2H3. The van der Waals surface area contributed by atoms with Crippen molar-refractivity contribution in [3.8, 4) is 0 Å². The number of aliphatic hydroxyl groups is 1. The summed E-state index contributed by atoms with van der Waals surface area (Å²) in [7, 11) is 0. The number of hydrogen-bond donors (Lipinski definition) is 2. The summed E-state index contributed by atoms with van der Waals surface area (Å²) in [5.74, 6) is 0.149. The lowest BCUT2D eigenvalue weighted by atomic mass is 10.0. The van der Waals surface area contributed by atoms with Crippen LogP contribution in [0.1, 0.15) is 33.1 Å². The van der Waals surface area contributed by atoms with Crippen molar-refractivity contribution in [3.05, 3.63) is 0 Å². The second-order valence-electron chi connectivity index (χ2n) is 4.21. The highest BCUT2D eigenvalue weighted by molar-refractivity contribution is 5.82. The normalized spacial score (nSPS) is 24.3. The monoisotopic (exact) mass is 214 g/mol. The van der Waals surface area contributed by atoms with E-state index in [0.717, 1.165) is 32.4 Å². The fourth-order valence-electron chi connectivity index (χ4n) is 1.94. The summed E-state index contributed by atoms with van der Waals surface area (Å²) >= 11 is 0. The fourth-order valence-corrected chi connectivity index (χ4v) is 1.94. The zero-order valence-corrected chi connectivity index (χ0v) is 9.70. The Morgan fingerprint density at radius 3 is 3.00 bits per heavy atom. The molecule has 0 aromatic carbocycles. The van der Waals surface area contributed by atoms with Gasteiger partial charge in [-0.3, -0.25) is 4.79 Å². The first-order valence-electron chi connectivity index (χ1n) is 5.85. The van der Waals surface area contributed by atoms with Crippen LogP contribution in [0.2, 0.25) is 0 Å². The van der Waals surface area contributed by atoms with Gasteiger partial charge in [0.1, 0.15) is 0 Å². The summed E-state index contributed by atoms with van der Waals surface area (Å²) < 4.78 is 0. The van der Waals surface area contributed by atoms with Crippen molar-refractivity contribution in [2.45, 2.75) is 45.2 Å². The minimum Gasteiger partial charge on any atom is -0.394 e. The van der Waals surface area contributed by atoms with E-state index in [1.165, 1.54) is 0 Å². The van der Waals surface area contributed by atoms with Crippen molar-refractivity contribution in [2.75, 3.05) is 19.7 Å². The van der Waals surface area contributed by atoms with Crippen LogP contribution in [0, 0.1) is 0 Å². The van der Waals surface area contributed by atoms with Crippen LogP contribution in [0.3, 0.4) is 0 Å². The van der Waals surface area contributed by atoms with Crippen LogP contribution in [0.5, 0.6) is 0 Å². The quantitative estimate of drug-likeness (QED) is 0.694. The maximum absolute atomic E-state index is 12.0. The molecule has 1 aliphatic heterocycles. The van der Waals surface area contributed by atoms with Gasteiger partial charge in [0.05, 0.1) is 18.7 Å². The molecule has 1 fully saturated rings. The Balaban J connectivity index is 2.50. The highest BCUT2D eigenvalue weighted by Gasteiger charge is 2.30. The second-order valence-corrected chi connectivity index (χ2v) is 4.21. The molecule has 0 aromatic heterocycles. The van der Waals surface area contributed by atoms with Crippen molar-refractivity contribution in [3.63, 3.8) is 0 Å². The van der Waals surface area contributed by atoms with E-state index in [9.17, 15) is 4.79 Å². The summed E-state index contributed by atoms with van der Waals surface area (Å²) in [5, 5.41) is 12.3. The van der Waals surface area contributed by atoms with E-state index in [2.05, 4.69) is 12.2 Å². The first kappa shape index (κ1) is 12.5. The molecule has 0 aromatic rings. The van der Waals surface area contributed by atoms with E-state index in [1.807, 2.05) is 6.92 Å². The van der Waals surface area contributed by atoms with Gasteiger partial charge in [-0.1, -0.05) is 6.92 Å². The van der Waals surface area contributed by atoms with Crippen molar-refractivity contribution in [1.29, 1.82) is 0 Å². The maximum Gasteiger partial charge on any atom is 0.240 e. The predicted octanol–water partition coefficient (Wildman–Crippen LogP) is 0.358. The molecular formula is C11H22N2O2. The Morgan fingerprint density at radius 2 is 2.40 bits per heavy atom. The van der Waals surface area contributed by atoms with Gasteiger partial charge in [0, 0.05) is 6.54 Å². The lowest BCUT2D eigenvalue weighted by molar-refractivity contribution is -0.139. The van der Waals surface area contributed by atoms with Crippen LogP contribution in [-0.2, 0) is 4.79 Å². The summed E-state index contributed by atoms with van der Waals surface area (Å²) in [6.45, 7) is 5.70. The third-order valence-corrected chi connectivity index (χ3v) is 2.91. The summed E-state index contributed by atoms with van der Waals surface area (Å²) in [6.07, 6.45) is 2.99. The van der Waals surface area contributed by atoms with Crippen molar-refractivity contribution in [2.24, 2.45) is 0 Å². The van der Waals surface area contributed by atoms with Gasteiger partial charge >= 0.3 is 0 Å². The smallest absolute Gasteiger partial charge is 0.240 e. The van der Waals surface area contributed by atoms with Gasteiger partial charge < -0.3 is 15.3 Å². The first-order valence-corrected chi connectivity index (χ1v) is 5.85. The van der Waals surface area contributed by atoms with Crippen LogP contribution in [0.25, 0.3) is 0 Å². The van der Waals surface area contributed by atoms with E-state index in [4.69, 9.17) is 5.11 Å². The highest BCUT2D eigenvalue weighted by atomic mass is 16.3. The third kappa shape index (κ3) is 3.18. The Kier molecular flexibility index (Phi) is 5.05. The molecule has 2 N–H and O–H groups in total. The number of hydrogen-bond acceptors (Lipinski definition) is 3. The number of carbonyl (C=O) groups is 1. The molecule has 4 heteroatoms. The molecule has 1 rings (SSSR count). The Hall–Kier alpha value is -0.610. The van der Waals surface area contributed by atoms with Crippen LogP contribution in [0.4, 0.5) is 0 Å². The van der Waals surface area contributed by atoms with Gasteiger partial charge in [-0.2, -0.15) is 0 Å². The molecule has 2 atom stereocenters. The summed E-state index contributed by atoms with van der Waals surface area (Å²) in [5.41, 5.74) is 0. The molecule has 1 aliphatic rings. The highest BCUT2D eigenvalue weighted by Crippen LogP contribution is 2.14. The van der Waals surface area contributed by atoms with Crippen LogP contribution >= 0.6 is 0 Å². The fraction of sp³-hybridized carbons (Fsp3) is 0.909. The maximum atomic E-state index is 12.0. The summed E-state index contributed by atoms with van der Waals surface area (Å²) in [6, 6.07) is -0.0866. The van der Waals surface area contributed by atoms with Crippen LogP contribution in [0.15, 0.2) is 0 Å². The minimum absolute atomic E-state index is 0.0345. The van der Waals surface area contributed by atoms with E-state index >= 15 is 0 Å². The molecular weight excluding hydrogens is 192 g/mol. The number of aliphatic hydroxyl groups excluding tert-OH is 1. The Bertz CT molecular complexity index is 209. The largest absolute Gasteiger partial charge is 0.394 e. The van der Waals surface area contributed by atoms with Gasteiger partial charge in [-0.05, 0) is 32.7 Å². The molecule has 1 heterocycles. The van der Waals surface area contributed by atoms with E-state index in [1.54, 1.807) is 4.90 Å². The average Bonchev–Trinajstić information content (AvgIpc) is 2.27. The molecule has 0 bridgehead atoms. The number of carbonyl (C=O) groups excluding carboxylic acids is 1. The van der Waals surface area contributed by atoms with E-state index in [-0.39, 0.29) is 24.6 Å². The Morgan fingerprint density at radius 1 is 1.67 bits per heavy atom. The average molecular weight is 214 g/mol. The zero-order chi connectivity index (χ0) is 11.3. The van der Waals surface area contributed by atoms with Crippen molar-refractivity contribution < 1.29 is 9.90 Å². The second kappa shape index (κ2) is 6.08. The minimum atomic E-state index is -0.0521. The van der Waals surface area contributed by atoms with E-state index in [0.29, 0.717) is 0 Å². The Labute approximate surface area is 91.6 Å². The topological polar surface area (TPSA) is 52.6 Å². The van der Waals surface area contributed by atoms with Crippen molar-refractivity contribution >= 4 is 5.91 Å². The van der Waals surface area contributed by atoms with Gasteiger partial charge in [0.25, 0.3) is 0 Å². The van der Waals surface area contributed by atoms with Gasteiger partial charge in [-0.15, -0.1) is 0 Å². The molecule has 15 heavy (non-hydrogen) atoms. The van der Waals surface area contributed by atoms with Gasteiger partial charge in [0.15, 0.2) is 0 Å². The van der Waals surface area contributed by atoms with Crippen LogP contribution in [-0.4, -0.2) is 47.7 Å². The first-order chi connectivity index (χ1) is 7.20. The lowest BCUT2D eigenvalue weighted by Crippen LogP contribution is -2.54. The van der Waals surface area contributed by atoms with E-state index < -0.39 is 0 Å². The summed E-state index contributed by atoms with van der Waals surface area (Å²) in [4.78, 5) is 13.8. The van der Waals surface area contributed by atoms with Gasteiger partial charge in [0.2, 0.25) is 5.91 Å². The third-order valence-electron chi connectivity index (χ3n) is 2.91. The van der Waals surface area contributed by atoms with Gasteiger partial charge in [-0.25, -0.2) is 0 Å². The van der Waals surface area contributed by atoms with Crippen molar-refractivity contribution in [1.82, 2.24) is 10.2 Å². The predicted molar refractivity (Wildman–Crippen MR) is 59.6 cm³/mol. The molecule has 2 unspecified atom stereocenters. The molecule has 1 saturated heterocycles. The lowest BCUT2D eigenvalue weighted by Gasteiger charge is -2.36. The molecule has 1 amide bonds. The number of likely N-dealkylation sites (tertiary alicyclic amines) is 1. The zero-order valence-electron chi connectivity index (χ0n) is 9.70. The SMILES string of the molecule is CCCNC1CCCN(C(C)CO)C1=O. The van der Waals surface area contributed by atoms with Crippen LogP contribution < -0.4 is 5.32 Å².